The van der Waals surface area contributed by atoms with Crippen LogP contribution < -0.4 is 0 Å². The van der Waals surface area contributed by atoms with Crippen molar-refractivity contribution in [2.75, 3.05) is 0 Å². The van der Waals surface area contributed by atoms with Crippen LogP contribution in [-0.2, 0) is 4.65 Å². The van der Waals surface area contributed by atoms with Crippen molar-refractivity contribution in [1.29, 1.82) is 0 Å². The second-order valence-electron chi connectivity index (χ2n) is 5.20. The molecule has 0 amide bonds. The van der Waals surface area contributed by atoms with Crippen LogP contribution in [-0.4, -0.2) is 13.0 Å². The van der Waals surface area contributed by atoms with Crippen molar-refractivity contribution in [3.8, 4) is 0 Å². The van der Waals surface area contributed by atoms with Gasteiger partial charge in [0.2, 0.25) is 0 Å². The van der Waals surface area contributed by atoms with Crippen molar-refractivity contribution in [1.82, 2.24) is 0 Å². The minimum Gasteiger partial charge on any atom is -0.433 e. The van der Waals surface area contributed by atoms with Gasteiger partial charge in [-0.15, -0.1) is 0 Å². The largest absolute Gasteiger partial charge is 0.433 e. The highest BCUT2D eigenvalue weighted by molar-refractivity contribution is 6.56. The summed E-state index contributed by atoms with van der Waals surface area (Å²) in [5, 5.41) is 0. The van der Waals surface area contributed by atoms with E-state index in [0.29, 0.717) is 13.0 Å². The van der Waals surface area contributed by atoms with Gasteiger partial charge >= 0.3 is 0 Å². The lowest BCUT2D eigenvalue weighted by molar-refractivity contribution is 0.189. The van der Waals surface area contributed by atoms with E-state index < -0.39 is 0 Å². The standard InChI is InChI=1S/C12H23BO/c1-3-10(2)14-13-11-6-4-7-12(13)9-5-8-11/h10-12H,3-9H2,1-2H3. The van der Waals surface area contributed by atoms with Gasteiger partial charge in [0.1, 0.15) is 0 Å². The highest BCUT2D eigenvalue weighted by Crippen LogP contribution is 2.46. The Balaban J connectivity index is 1.94. The van der Waals surface area contributed by atoms with Crippen LogP contribution in [0.15, 0.2) is 0 Å². The van der Waals surface area contributed by atoms with Crippen LogP contribution >= 0.6 is 0 Å². The highest BCUT2D eigenvalue weighted by Gasteiger charge is 2.41. The molecule has 80 valence electrons. The lowest BCUT2D eigenvalue weighted by atomic mass is 9.38. The van der Waals surface area contributed by atoms with Crippen LogP contribution in [0.5, 0.6) is 0 Å². The summed E-state index contributed by atoms with van der Waals surface area (Å²) in [4.78, 5) is 0. The SMILES string of the molecule is CCC(C)OB1C2CCCC1CCC2. The van der Waals surface area contributed by atoms with Crippen LogP contribution in [0.25, 0.3) is 0 Å². The summed E-state index contributed by atoms with van der Waals surface area (Å²) in [6.07, 6.45) is 10.3. The molecule has 2 heteroatoms. The monoisotopic (exact) mass is 194 g/mol. The van der Waals surface area contributed by atoms with Gasteiger partial charge in [-0.25, -0.2) is 0 Å². The van der Waals surface area contributed by atoms with Gasteiger partial charge in [0, 0.05) is 6.10 Å². The number of hydrogen-bond acceptors (Lipinski definition) is 1. The molecule has 2 aliphatic rings. The van der Waals surface area contributed by atoms with Crippen LogP contribution in [0.1, 0.15) is 58.8 Å². The summed E-state index contributed by atoms with van der Waals surface area (Å²) in [6, 6.07) is 0. The molecular formula is C12H23BO. The molecule has 14 heavy (non-hydrogen) atoms. The number of rotatable bonds is 3. The van der Waals surface area contributed by atoms with E-state index >= 15 is 0 Å². The predicted molar refractivity (Wildman–Crippen MR) is 61.8 cm³/mol. The Bertz CT molecular complexity index is 161. The van der Waals surface area contributed by atoms with Crippen molar-refractivity contribution in [2.45, 2.75) is 76.5 Å². The first kappa shape index (κ1) is 10.5. The molecule has 0 aliphatic carbocycles. The van der Waals surface area contributed by atoms with E-state index in [1.807, 2.05) is 0 Å². The third-order valence-corrected chi connectivity index (χ3v) is 4.19. The molecule has 2 saturated heterocycles. The maximum atomic E-state index is 6.21. The maximum absolute atomic E-state index is 6.21. The fraction of sp³-hybridized carbons (Fsp3) is 1.00. The zero-order valence-electron chi connectivity index (χ0n) is 9.67. The number of fused-ring (bicyclic) bond motifs is 2. The molecule has 2 aliphatic heterocycles. The third kappa shape index (κ3) is 2.16. The third-order valence-electron chi connectivity index (χ3n) is 4.19. The Hall–Kier alpha value is 0.0249. The zero-order chi connectivity index (χ0) is 9.97. The Morgan fingerprint density at radius 2 is 1.64 bits per heavy atom. The molecule has 0 aromatic carbocycles. The van der Waals surface area contributed by atoms with E-state index in [2.05, 4.69) is 13.8 Å². The van der Waals surface area contributed by atoms with Crippen molar-refractivity contribution in [3.05, 3.63) is 0 Å². The van der Waals surface area contributed by atoms with Crippen LogP contribution in [0.2, 0.25) is 11.6 Å². The minimum absolute atomic E-state index is 0.473. The van der Waals surface area contributed by atoms with Gasteiger partial charge in [-0.2, -0.15) is 0 Å². The van der Waals surface area contributed by atoms with Crippen molar-refractivity contribution < 1.29 is 4.65 Å². The molecule has 2 fully saturated rings. The Labute approximate surface area is 88.7 Å². The van der Waals surface area contributed by atoms with Gasteiger partial charge in [0.25, 0.3) is 6.92 Å². The predicted octanol–water partition coefficient (Wildman–Crippen LogP) is 3.90. The van der Waals surface area contributed by atoms with Gasteiger partial charge in [0.15, 0.2) is 0 Å². The van der Waals surface area contributed by atoms with Crippen molar-refractivity contribution in [3.63, 3.8) is 0 Å². The topological polar surface area (TPSA) is 9.23 Å². The molecule has 0 aromatic rings. The number of hydrogen-bond donors (Lipinski definition) is 0. The first-order valence-electron chi connectivity index (χ1n) is 6.46. The summed E-state index contributed by atoms with van der Waals surface area (Å²) in [7, 11) is 0. The van der Waals surface area contributed by atoms with E-state index in [1.165, 1.54) is 38.5 Å². The average molecular weight is 194 g/mol. The van der Waals surface area contributed by atoms with Crippen LogP contribution in [0.3, 0.4) is 0 Å². The Kier molecular flexibility index (Phi) is 3.54. The second-order valence-corrected chi connectivity index (χ2v) is 5.20. The second kappa shape index (κ2) is 4.70. The molecule has 2 rings (SSSR count). The lowest BCUT2D eigenvalue weighted by Gasteiger charge is -2.40. The minimum atomic E-state index is 0.473. The molecule has 1 unspecified atom stereocenters. The summed E-state index contributed by atoms with van der Waals surface area (Å²) < 4.78 is 6.21. The first-order chi connectivity index (χ1) is 6.81. The molecular weight excluding hydrogens is 171 g/mol. The summed E-state index contributed by atoms with van der Waals surface area (Å²) in [5.41, 5.74) is 0. The molecule has 0 saturated carbocycles. The fourth-order valence-corrected chi connectivity index (χ4v) is 3.20. The van der Waals surface area contributed by atoms with Gasteiger partial charge in [-0.1, -0.05) is 45.4 Å². The molecule has 0 aromatic heterocycles. The normalized spacial score (nSPS) is 34.3. The lowest BCUT2D eigenvalue weighted by Crippen LogP contribution is -2.39. The Morgan fingerprint density at radius 1 is 1.14 bits per heavy atom. The molecule has 0 radical (unpaired) electrons. The van der Waals surface area contributed by atoms with Crippen molar-refractivity contribution in [2.24, 2.45) is 0 Å². The fourth-order valence-electron chi connectivity index (χ4n) is 3.20. The van der Waals surface area contributed by atoms with Crippen LogP contribution in [0, 0.1) is 0 Å². The van der Waals surface area contributed by atoms with E-state index in [9.17, 15) is 0 Å². The highest BCUT2D eigenvalue weighted by atomic mass is 16.4. The van der Waals surface area contributed by atoms with Gasteiger partial charge in [-0.3, -0.25) is 0 Å². The van der Waals surface area contributed by atoms with Gasteiger partial charge in [0.05, 0.1) is 0 Å². The molecule has 2 heterocycles. The molecule has 0 N–H and O–H groups in total. The van der Waals surface area contributed by atoms with Gasteiger partial charge in [-0.05, 0) is 25.0 Å². The summed E-state index contributed by atoms with van der Waals surface area (Å²) >= 11 is 0. The molecule has 0 spiro atoms. The summed E-state index contributed by atoms with van der Waals surface area (Å²) in [5.74, 6) is 1.80. The zero-order valence-corrected chi connectivity index (χ0v) is 9.67. The van der Waals surface area contributed by atoms with E-state index in [0.717, 1.165) is 18.1 Å². The molecule has 1 nitrogen and oxygen atoms in total. The quantitative estimate of drug-likeness (QED) is 0.619. The maximum Gasteiger partial charge on any atom is 0.299 e. The van der Waals surface area contributed by atoms with E-state index in [-0.39, 0.29) is 0 Å². The Morgan fingerprint density at radius 3 is 2.07 bits per heavy atom. The molecule has 1 atom stereocenters. The molecule has 2 bridgehead atoms. The average Bonchev–Trinajstić information content (AvgIpc) is 2.17. The van der Waals surface area contributed by atoms with Crippen LogP contribution in [0.4, 0.5) is 0 Å². The van der Waals surface area contributed by atoms with E-state index in [1.54, 1.807) is 0 Å². The smallest absolute Gasteiger partial charge is 0.299 e. The van der Waals surface area contributed by atoms with Crippen molar-refractivity contribution >= 4 is 6.92 Å². The first-order valence-corrected chi connectivity index (χ1v) is 6.46. The van der Waals surface area contributed by atoms with Gasteiger partial charge < -0.3 is 4.65 Å². The van der Waals surface area contributed by atoms with E-state index in [4.69, 9.17) is 4.65 Å². The summed E-state index contributed by atoms with van der Waals surface area (Å²) in [6.45, 7) is 5.07.